The van der Waals surface area contributed by atoms with Crippen molar-refractivity contribution in [3.63, 3.8) is 0 Å². The first kappa shape index (κ1) is 13.8. The van der Waals surface area contributed by atoms with Crippen LogP contribution in [0.3, 0.4) is 0 Å². The van der Waals surface area contributed by atoms with E-state index in [0.29, 0.717) is 11.2 Å². The van der Waals surface area contributed by atoms with E-state index in [1.54, 1.807) is 6.92 Å². The van der Waals surface area contributed by atoms with Gasteiger partial charge in [0.1, 0.15) is 0 Å². The maximum Gasteiger partial charge on any atom is 0.247 e. The van der Waals surface area contributed by atoms with Crippen molar-refractivity contribution < 1.29 is 9.63 Å². The fourth-order valence-corrected chi connectivity index (χ4v) is 3.82. The van der Waals surface area contributed by atoms with Crippen LogP contribution in [0, 0.1) is 5.92 Å². The molecule has 0 saturated heterocycles. The Morgan fingerprint density at radius 1 is 1.35 bits per heavy atom. The SMILES string of the molecule is CC(=O)N1O[C@H]2CCC[C@H]2C(c2ccccc2)=C1CBr. The number of carbonyl (C=O) groups is 1. The van der Waals surface area contributed by atoms with E-state index in [1.165, 1.54) is 16.2 Å². The van der Waals surface area contributed by atoms with Crippen LogP contribution < -0.4 is 0 Å². The minimum Gasteiger partial charge on any atom is -0.273 e. The van der Waals surface area contributed by atoms with E-state index >= 15 is 0 Å². The van der Waals surface area contributed by atoms with Gasteiger partial charge in [-0.05, 0) is 24.0 Å². The molecule has 0 spiro atoms. The van der Waals surface area contributed by atoms with Gasteiger partial charge < -0.3 is 0 Å². The molecule has 20 heavy (non-hydrogen) atoms. The van der Waals surface area contributed by atoms with Crippen LogP contribution in [-0.2, 0) is 9.63 Å². The van der Waals surface area contributed by atoms with Crippen molar-refractivity contribution in [3.8, 4) is 0 Å². The molecule has 4 heteroatoms. The summed E-state index contributed by atoms with van der Waals surface area (Å²) in [6, 6.07) is 10.4. The third kappa shape index (κ3) is 2.31. The summed E-state index contributed by atoms with van der Waals surface area (Å²) in [4.78, 5) is 17.8. The Bertz CT molecular complexity index is 541. The molecular formula is C16H18BrNO2. The molecule has 2 aliphatic rings. The van der Waals surface area contributed by atoms with Gasteiger partial charge in [-0.1, -0.05) is 52.7 Å². The maximum absolute atomic E-state index is 11.9. The highest BCUT2D eigenvalue weighted by Crippen LogP contribution is 2.45. The molecule has 0 aromatic heterocycles. The highest BCUT2D eigenvalue weighted by Gasteiger charge is 2.41. The number of fused-ring (bicyclic) bond motifs is 1. The lowest BCUT2D eigenvalue weighted by atomic mass is 9.87. The van der Waals surface area contributed by atoms with Crippen LogP contribution >= 0.6 is 15.9 Å². The summed E-state index contributed by atoms with van der Waals surface area (Å²) in [6.07, 6.45) is 3.46. The number of allylic oxidation sites excluding steroid dienone is 1. The van der Waals surface area contributed by atoms with Crippen LogP contribution in [0.2, 0.25) is 0 Å². The van der Waals surface area contributed by atoms with Gasteiger partial charge in [-0.15, -0.1) is 0 Å². The number of rotatable bonds is 2. The number of hydrogen-bond donors (Lipinski definition) is 0. The van der Waals surface area contributed by atoms with E-state index in [0.717, 1.165) is 25.0 Å². The lowest BCUT2D eigenvalue weighted by Crippen LogP contribution is -2.41. The predicted octanol–water partition coefficient (Wildman–Crippen LogP) is 3.76. The van der Waals surface area contributed by atoms with Gasteiger partial charge in [0, 0.05) is 18.2 Å². The van der Waals surface area contributed by atoms with E-state index in [9.17, 15) is 4.79 Å². The molecule has 1 saturated carbocycles. The fourth-order valence-electron chi connectivity index (χ4n) is 3.29. The molecule has 0 unspecified atom stereocenters. The topological polar surface area (TPSA) is 29.5 Å². The van der Waals surface area contributed by atoms with Gasteiger partial charge in [-0.2, -0.15) is 5.06 Å². The molecular weight excluding hydrogens is 318 g/mol. The molecule has 0 N–H and O–H groups in total. The molecule has 3 nitrogen and oxygen atoms in total. The van der Waals surface area contributed by atoms with Crippen molar-refractivity contribution in [1.29, 1.82) is 0 Å². The number of alkyl halides is 1. The number of amides is 1. The van der Waals surface area contributed by atoms with E-state index in [4.69, 9.17) is 4.84 Å². The highest BCUT2D eigenvalue weighted by atomic mass is 79.9. The van der Waals surface area contributed by atoms with Gasteiger partial charge in [0.25, 0.3) is 0 Å². The minimum absolute atomic E-state index is 0.0572. The molecule has 0 radical (unpaired) electrons. The zero-order chi connectivity index (χ0) is 14.1. The van der Waals surface area contributed by atoms with Crippen LogP contribution in [0.4, 0.5) is 0 Å². The highest BCUT2D eigenvalue weighted by molar-refractivity contribution is 9.09. The number of hydroxylamine groups is 2. The number of hydrogen-bond acceptors (Lipinski definition) is 2. The molecule has 106 valence electrons. The molecule has 1 aliphatic heterocycles. The second-order valence-electron chi connectivity index (χ2n) is 5.35. The van der Waals surface area contributed by atoms with Gasteiger partial charge in [-0.3, -0.25) is 9.63 Å². The van der Waals surface area contributed by atoms with Crippen molar-refractivity contribution in [2.24, 2.45) is 5.92 Å². The average molecular weight is 336 g/mol. The number of benzene rings is 1. The van der Waals surface area contributed by atoms with Crippen molar-refractivity contribution in [1.82, 2.24) is 5.06 Å². The Balaban J connectivity index is 2.13. The fraction of sp³-hybridized carbons (Fsp3) is 0.438. The Hall–Kier alpha value is -1.13. The average Bonchev–Trinajstić information content (AvgIpc) is 2.93. The number of halogens is 1. The summed E-state index contributed by atoms with van der Waals surface area (Å²) in [5.41, 5.74) is 3.42. The van der Waals surface area contributed by atoms with Gasteiger partial charge in [0.15, 0.2) is 0 Å². The molecule has 1 aromatic carbocycles. The predicted molar refractivity (Wildman–Crippen MR) is 81.9 cm³/mol. The molecule has 3 rings (SSSR count). The van der Waals surface area contributed by atoms with Gasteiger partial charge in [-0.25, -0.2) is 0 Å². The second kappa shape index (κ2) is 5.70. The van der Waals surface area contributed by atoms with E-state index in [-0.39, 0.29) is 12.0 Å². The summed E-state index contributed by atoms with van der Waals surface area (Å²) in [5.74, 6) is 0.346. The van der Waals surface area contributed by atoms with E-state index in [2.05, 4.69) is 28.1 Å². The number of carbonyl (C=O) groups excluding carboxylic acids is 1. The first-order chi connectivity index (χ1) is 9.72. The van der Waals surface area contributed by atoms with Crippen molar-refractivity contribution in [2.75, 3.05) is 5.33 Å². The zero-order valence-electron chi connectivity index (χ0n) is 11.5. The van der Waals surface area contributed by atoms with Gasteiger partial charge >= 0.3 is 0 Å². The lowest BCUT2D eigenvalue weighted by molar-refractivity contribution is -0.197. The molecule has 1 fully saturated rings. The minimum atomic E-state index is -0.0572. The first-order valence-corrected chi connectivity index (χ1v) is 8.16. The standard InChI is InChI=1S/C16H18BrNO2/c1-11(19)18-14(10-17)16(12-6-3-2-4-7-12)13-8-5-9-15(13)20-18/h2-4,6-7,13,15H,5,8-10H2,1H3/t13-,15+/m1/s1. The van der Waals surface area contributed by atoms with Gasteiger partial charge in [0.05, 0.1) is 11.8 Å². The van der Waals surface area contributed by atoms with Crippen LogP contribution in [0.1, 0.15) is 31.7 Å². The quantitative estimate of drug-likeness (QED) is 0.770. The normalized spacial score (nSPS) is 25.8. The second-order valence-corrected chi connectivity index (χ2v) is 5.92. The van der Waals surface area contributed by atoms with Crippen molar-refractivity contribution in [3.05, 3.63) is 41.6 Å². The zero-order valence-corrected chi connectivity index (χ0v) is 13.1. The van der Waals surface area contributed by atoms with E-state index in [1.807, 2.05) is 18.2 Å². The third-order valence-corrected chi connectivity index (χ3v) is 4.65. The first-order valence-electron chi connectivity index (χ1n) is 7.04. The van der Waals surface area contributed by atoms with Crippen LogP contribution in [0.5, 0.6) is 0 Å². The molecule has 1 aliphatic carbocycles. The van der Waals surface area contributed by atoms with E-state index < -0.39 is 0 Å². The van der Waals surface area contributed by atoms with Crippen molar-refractivity contribution in [2.45, 2.75) is 32.3 Å². The Kier molecular flexibility index (Phi) is 3.94. The van der Waals surface area contributed by atoms with Crippen molar-refractivity contribution >= 4 is 27.4 Å². The van der Waals surface area contributed by atoms with Crippen LogP contribution in [-0.4, -0.2) is 22.4 Å². The maximum atomic E-state index is 11.9. The number of nitrogens with zero attached hydrogens (tertiary/aromatic N) is 1. The summed E-state index contributed by atoms with van der Waals surface area (Å²) < 4.78 is 0. The third-order valence-electron chi connectivity index (χ3n) is 4.12. The summed E-state index contributed by atoms with van der Waals surface area (Å²) in [5, 5.41) is 2.11. The Morgan fingerprint density at radius 2 is 2.10 bits per heavy atom. The Labute approximate surface area is 127 Å². The van der Waals surface area contributed by atoms with Gasteiger partial charge in [0.2, 0.25) is 5.91 Å². The Morgan fingerprint density at radius 3 is 2.75 bits per heavy atom. The monoisotopic (exact) mass is 335 g/mol. The van der Waals surface area contributed by atoms with Crippen LogP contribution in [0.15, 0.2) is 36.0 Å². The largest absolute Gasteiger partial charge is 0.273 e. The van der Waals surface area contributed by atoms with Crippen LogP contribution in [0.25, 0.3) is 5.57 Å². The summed E-state index contributed by atoms with van der Waals surface area (Å²) >= 11 is 3.52. The summed E-state index contributed by atoms with van der Waals surface area (Å²) in [6.45, 7) is 1.56. The molecule has 2 atom stereocenters. The summed E-state index contributed by atoms with van der Waals surface area (Å²) in [7, 11) is 0. The molecule has 0 bridgehead atoms. The molecule has 1 heterocycles. The molecule has 1 aromatic rings. The lowest BCUT2D eigenvalue weighted by Gasteiger charge is -2.37. The smallest absolute Gasteiger partial charge is 0.247 e. The molecule has 1 amide bonds.